The first kappa shape index (κ1) is 17.7. The van der Waals surface area contributed by atoms with E-state index in [1.54, 1.807) is 0 Å². The molecule has 4 nitrogen and oxygen atoms in total. The molecule has 0 saturated carbocycles. The lowest BCUT2D eigenvalue weighted by Crippen LogP contribution is -2.37. The minimum atomic E-state index is 0.0897. The lowest BCUT2D eigenvalue weighted by molar-refractivity contribution is -0.121. The Kier molecular flexibility index (Phi) is 5.16. The van der Waals surface area contributed by atoms with E-state index in [1.807, 2.05) is 43.5 Å². The molecule has 1 fully saturated rings. The van der Waals surface area contributed by atoms with Crippen LogP contribution in [0.2, 0.25) is 0 Å². The molecule has 138 valence electrons. The summed E-state index contributed by atoms with van der Waals surface area (Å²) in [5.41, 5.74) is 3.21. The number of benzene rings is 2. The standard InChI is InChI=1S/C23H25N3O/c1-17-22-8-7-21(15-20(22)9-12-24-17)25-23(27)19-10-13-26(14-11-19)16-18-5-3-2-4-6-18/h2-9,12,15,19H,10-11,13-14,16H2,1H3,(H,25,27). The molecule has 1 aliphatic rings. The monoisotopic (exact) mass is 359 g/mol. The van der Waals surface area contributed by atoms with E-state index >= 15 is 0 Å². The summed E-state index contributed by atoms with van der Waals surface area (Å²) < 4.78 is 0. The lowest BCUT2D eigenvalue weighted by atomic mass is 9.95. The maximum atomic E-state index is 12.7. The van der Waals surface area contributed by atoms with Gasteiger partial charge in [-0.15, -0.1) is 0 Å². The summed E-state index contributed by atoms with van der Waals surface area (Å²) in [6.07, 6.45) is 3.64. The molecule has 2 heterocycles. The van der Waals surface area contributed by atoms with E-state index in [4.69, 9.17) is 0 Å². The number of aromatic nitrogens is 1. The number of amides is 1. The molecule has 1 aromatic heterocycles. The Bertz CT molecular complexity index is 931. The summed E-state index contributed by atoms with van der Waals surface area (Å²) >= 11 is 0. The maximum absolute atomic E-state index is 12.7. The van der Waals surface area contributed by atoms with Gasteiger partial charge in [0.25, 0.3) is 0 Å². The SMILES string of the molecule is Cc1nccc2cc(NC(=O)C3CCN(Cc4ccccc4)CC3)ccc12. The van der Waals surface area contributed by atoms with Crippen molar-refractivity contribution >= 4 is 22.4 Å². The molecule has 0 spiro atoms. The van der Waals surface area contributed by atoms with Crippen LogP contribution in [0.15, 0.2) is 60.8 Å². The molecule has 0 bridgehead atoms. The van der Waals surface area contributed by atoms with Crippen molar-refractivity contribution in [3.8, 4) is 0 Å². The Labute approximate surface area is 160 Å². The molecule has 4 heteroatoms. The number of pyridine rings is 1. The van der Waals surface area contributed by atoms with E-state index in [0.29, 0.717) is 0 Å². The number of fused-ring (bicyclic) bond motifs is 1. The molecule has 0 radical (unpaired) electrons. The first-order chi connectivity index (χ1) is 13.2. The number of hydrogen-bond donors (Lipinski definition) is 1. The van der Waals surface area contributed by atoms with Crippen LogP contribution in [0, 0.1) is 12.8 Å². The molecule has 0 unspecified atom stereocenters. The number of nitrogens with zero attached hydrogens (tertiary/aromatic N) is 2. The van der Waals surface area contributed by atoms with Gasteiger partial charge in [0.1, 0.15) is 0 Å². The van der Waals surface area contributed by atoms with Crippen LogP contribution in [0.3, 0.4) is 0 Å². The van der Waals surface area contributed by atoms with Gasteiger partial charge >= 0.3 is 0 Å². The zero-order valence-electron chi connectivity index (χ0n) is 15.7. The summed E-state index contributed by atoms with van der Waals surface area (Å²) in [4.78, 5) is 19.4. The molecule has 27 heavy (non-hydrogen) atoms. The summed E-state index contributed by atoms with van der Waals surface area (Å²) in [6.45, 7) is 4.90. The molecule has 1 amide bonds. The second-order valence-electron chi connectivity index (χ2n) is 7.36. The van der Waals surface area contributed by atoms with E-state index in [-0.39, 0.29) is 11.8 Å². The number of nitrogens with one attached hydrogen (secondary N) is 1. The van der Waals surface area contributed by atoms with Gasteiger partial charge in [0.15, 0.2) is 0 Å². The highest BCUT2D eigenvalue weighted by Crippen LogP contribution is 2.24. The molecule has 0 aliphatic carbocycles. The van der Waals surface area contributed by atoms with Gasteiger partial charge in [-0.3, -0.25) is 14.7 Å². The number of carbonyl (C=O) groups is 1. The predicted molar refractivity (Wildman–Crippen MR) is 110 cm³/mol. The van der Waals surface area contributed by atoms with Crippen molar-refractivity contribution in [3.63, 3.8) is 0 Å². The van der Waals surface area contributed by atoms with Crippen LogP contribution < -0.4 is 5.32 Å². The zero-order valence-corrected chi connectivity index (χ0v) is 15.7. The minimum absolute atomic E-state index is 0.0897. The van der Waals surface area contributed by atoms with Crippen molar-refractivity contribution in [3.05, 3.63) is 72.1 Å². The zero-order chi connectivity index (χ0) is 18.6. The first-order valence-electron chi connectivity index (χ1n) is 9.61. The highest BCUT2D eigenvalue weighted by atomic mass is 16.1. The van der Waals surface area contributed by atoms with Crippen LogP contribution in [0.5, 0.6) is 0 Å². The van der Waals surface area contributed by atoms with Crippen LogP contribution >= 0.6 is 0 Å². The number of anilines is 1. The lowest BCUT2D eigenvalue weighted by Gasteiger charge is -2.31. The van der Waals surface area contributed by atoms with Crippen molar-refractivity contribution < 1.29 is 4.79 Å². The maximum Gasteiger partial charge on any atom is 0.227 e. The normalized spacial score (nSPS) is 15.7. The third kappa shape index (κ3) is 4.17. The second kappa shape index (κ2) is 7.89. The van der Waals surface area contributed by atoms with E-state index in [0.717, 1.165) is 54.6 Å². The topological polar surface area (TPSA) is 45.2 Å². The van der Waals surface area contributed by atoms with Crippen molar-refractivity contribution in [1.29, 1.82) is 0 Å². The van der Waals surface area contributed by atoms with E-state index in [9.17, 15) is 4.79 Å². The van der Waals surface area contributed by atoms with Crippen LogP contribution in [-0.2, 0) is 11.3 Å². The van der Waals surface area contributed by atoms with E-state index < -0.39 is 0 Å². The van der Waals surface area contributed by atoms with Crippen LogP contribution in [0.4, 0.5) is 5.69 Å². The first-order valence-corrected chi connectivity index (χ1v) is 9.61. The van der Waals surface area contributed by atoms with Gasteiger partial charge < -0.3 is 5.32 Å². The molecular formula is C23H25N3O. The smallest absolute Gasteiger partial charge is 0.227 e. The predicted octanol–water partition coefficient (Wildman–Crippen LogP) is 4.39. The molecule has 2 aromatic carbocycles. The summed E-state index contributed by atoms with van der Waals surface area (Å²) in [5, 5.41) is 5.35. The fraction of sp³-hybridized carbons (Fsp3) is 0.304. The summed E-state index contributed by atoms with van der Waals surface area (Å²) in [6, 6.07) is 18.6. The van der Waals surface area contributed by atoms with Crippen LogP contribution in [0.25, 0.3) is 10.8 Å². The number of aryl methyl sites for hydroxylation is 1. The highest BCUT2D eigenvalue weighted by molar-refractivity contribution is 5.96. The summed E-state index contributed by atoms with van der Waals surface area (Å²) in [7, 11) is 0. The average Bonchev–Trinajstić information content (AvgIpc) is 2.69. The minimum Gasteiger partial charge on any atom is -0.326 e. The number of hydrogen-bond acceptors (Lipinski definition) is 3. The third-order valence-electron chi connectivity index (χ3n) is 5.44. The Morgan fingerprint density at radius 1 is 1.11 bits per heavy atom. The van der Waals surface area contributed by atoms with Crippen molar-refractivity contribution in [2.24, 2.45) is 5.92 Å². The van der Waals surface area contributed by atoms with Gasteiger partial charge in [-0.2, -0.15) is 0 Å². The molecular weight excluding hydrogens is 334 g/mol. The average molecular weight is 359 g/mol. The largest absolute Gasteiger partial charge is 0.326 e. The van der Waals surface area contributed by atoms with Gasteiger partial charge in [0, 0.05) is 35.4 Å². The van der Waals surface area contributed by atoms with Crippen molar-refractivity contribution in [2.45, 2.75) is 26.3 Å². The van der Waals surface area contributed by atoms with Gasteiger partial charge in [0.05, 0.1) is 0 Å². The van der Waals surface area contributed by atoms with E-state index in [1.165, 1.54) is 5.56 Å². The Morgan fingerprint density at radius 3 is 2.67 bits per heavy atom. The summed E-state index contributed by atoms with van der Waals surface area (Å²) in [5.74, 6) is 0.228. The number of likely N-dealkylation sites (tertiary alicyclic amines) is 1. The molecule has 4 rings (SSSR count). The van der Waals surface area contributed by atoms with Crippen LogP contribution in [0.1, 0.15) is 24.1 Å². The van der Waals surface area contributed by atoms with Gasteiger partial charge in [-0.1, -0.05) is 36.4 Å². The van der Waals surface area contributed by atoms with E-state index in [2.05, 4.69) is 39.5 Å². The van der Waals surface area contributed by atoms with Crippen molar-refractivity contribution in [2.75, 3.05) is 18.4 Å². The fourth-order valence-electron chi connectivity index (χ4n) is 3.85. The fourth-order valence-corrected chi connectivity index (χ4v) is 3.85. The number of rotatable bonds is 4. The third-order valence-corrected chi connectivity index (χ3v) is 5.44. The van der Waals surface area contributed by atoms with Gasteiger partial charge in [-0.05, 0) is 62.0 Å². The Morgan fingerprint density at radius 2 is 1.89 bits per heavy atom. The Balaban J connectivity index is 1.34. The number of carbonyl (C=O) groups excluding carboxylic acids is 1. The van der Waals surface area contributed by atoms with Gasteiger partial charge in [0.2, 0.25) is 5.91 Å². The molecule has 1 N–H and O–H groups in total. The molecule has 3 aromatic rings. The Hall–Kier alpha value is -2.72. The second-order valence-corrected chi connectivity index (χ2v) is 7.36. The van der Waals surface area contributed by atoms with Crippen molar-refractivity contribution in [1.82, 2.24) is 9.88 Å². The quantitative estimate of drug-likeness (QED) is 0.751. The highest BCUT2D eigenvalue weighted by Gasteiger charge is 2.25. The van der Waals surface area contributed by atoms with Crippen LogP contribution in [-0.4, -0.2) is 28.9 Å². The molecule has 0 atom stereocenters. The number of piperidine rings is 1. The molecule has 1 aliphatic heterocycles. The van der Waals surface area contributed by atoms with Gasteiger partial charge in [-0.25, -0.2) is 0 Å². The molecule has 1 saturated heterocycles.